The molecule has 0 aliphatic heterocycles. The van der Waals surface area contributed by atoms with Gasteiger partial charge in [0.2, 0.25) is 0 Å². The molecule has 0 spiro atoms. The summed E-state index contributed by atoms with van der Waals surface area (Å²) in [5.74, 6) is 2.17. The van der Waals surface area contributed by atoms with Gasteiger partial charge >= 0.3 is 0 Å². The topological polar surface area (TPSA) is 9.72 Å². The van der Waals surface area contributed by atoms with Gasteiger partial charge < -0.3 is 14.7 Å². The molecule has 0 rings (SSSR count). The zero-order valence-electron chi connectivity index (χ0n) is 10.5. The van der Waals surface area contributed by atoms with Crippen molar-refractivity contribution in [2.75, 3.05) is 35.2 Å². The van der Waals surface area contributed by atoms with Crippen LogP contribution in [0.3, 0.4) is 0 Å². The van der Waals surface area contributed by atoms with Gasteiger partial charge in [0, 0.05) is 35.2 Å². The normalized spacial score (nSPS) is 9.36. The predicted octanol–water partition coefficient (Wildman–Crippen LogP) is 1.76. The van der Waals surface area contributed by atoms with Gasteiger partial charge in [-0.2, -0.15) is 0 Å². The molecule has 0 aromatic rings. The van der Waals surface area contributed by atoms with E-state index in [0.29, 0.717) is 0 Å². The fourth-order valence-electron chi connectivity index (χ4n) is 1.50. The highest BCUT2D eigenvalue weighted by molar-refractivity contribution is 5.12. The molecule has 0 aromatic heterocycles. The van der Waals surface area contributed by atoms with Crippen molar-refractivity contribution in [1.29, 1.82) is 0 Å². The molecule has 0 saturated carbocycles. The van der Waals surface area contributed by atoms with Crippen LogP contribution in [0.25, 0.3) is 0 Å². The Kier molecular flexibility index (Phi) is 4.54. The standard InChI is InChI=1S/C11H23N3/c1-9(2)11(13(6)7)14(8)10(3)12(4)5/h3H2,1-2,4-8H3. The zero-order chi connectivity index (χ0) is 11.5. The fourth-order valence-corrected chi connectivity index (χ4v) is 1.50. The Morgan fingerprint density at radius 3 is 1.50 bits per heavy atom. The summed E-state index contributed by atoms with van der Waals surface area (Å²) in [5.41, 5.74) is 1.28. The maximum absolute atomic E-state index is 4.03. The third-order valence-electron chi connectivity index (χ3n) is 2.09. The summed E-state index contributed by atoms with van der Waals surface area (Å²) >= 11 is 0. The summed E-state index contributed by atoms with van der Waals surface area (Å²) in [7, 11) is 10.1. The summed E-state index contributed by atoms with van der Waals surface area (Å²) in [6.07, 6.45) is 0. The van der Waals surface area contributed by atoms with E-state index in [1.807, 2.05) is 40.1 Å². The van der Waals surface area contributed by atoms with Crippen molar-refractivity contribution in [2.45, 2.75) is 13.8 Å². The van der Waals surface area contributed by atoms with Gasteiger partial charge in [0.1, 0.15) is 11.6 Å². The number of rotatable bonds is 4. The molecule has 0 radical (unpaired) electrons. The van der Waals surface area contributed by atoms with Crippen LogP contribution in [0, 0.1) is 0 Å². The minimum Gasteiger partial charge on any atom is -0.365 e. The Hall–Kier alpha value is -1.12. The number of nitrogens with zero attached hydrogens (tertiary/aromatic N) is 3. The molecule has 3 heteroatoms. The second kappa shape index (κ2) is 4.94. The first-order chi connectivity index (χ1) is 6.29. The van der Waals surface area contributed by atoms with Crippen LogP contribution in [0.4, 0.5) is 0 Å². The predicted molar refractivity (Wildman–Crippen MR) is 62.7 cm³/mol. The zero-order valence-corrected chi connectivity index (χ0v) is 10.5. The summed E-state index contributed by atoms with van der Waals surface area (Å²) in [6, 6.07) is 0. The smallest absolute Gasteiger partial charge is 0.107 e. The van der Waals surface area contributed by atoms with Crippen molar-refractivity contribution >= 4 is 0 Å². The van der Waals surface area contributed by atoms with Gasteiger partial charge in [-0.1, -0.05) is 6.58 Å². The van der Waals surface area contributed by atoms with Crippen molar-refractivity contribution in [1.82, 2.24) is 14.7 Å². The first-order valence-corrected chi connectivity index (χ1v) is 4.73. The largest absolute Gasteiger partial charge is 0.365 e. The molecule has 0 atom stereocenters. The number of allylic oxidation sites excluding steroid dienone is 1. The molecule has 82 valence electrons. The van der Waals surface area contributed by atoms with Crippen LogP contribution >= 0.6 is 0 Å². The van der Waals surface area contributed by atoms with Crippen molar-refractivity contribution in [2.24, 2.45) is 0 Å². The quantitative estimate of drug-likeness (QED) is 0.680. The Labute approximate surface area is 88.3 Å². The Morgan fingerprint density at radius 1 is 0.857 bits per heavy atom. The average Bonchev–Trinajstić information content (AvgIpc) is 2.01. The van der Waals surface area contributed by atoms with E-state index in [-0.39, 0.29) is 0 Å². The van der Waals surface area contributed by atoms with Crippen molar-refractivity contribution < 1.29 is 0 Å². The second-order valence-corrected chi connectivity index (χ2v) is 4.09. The van der Waals surface area contributed by atoms with Gasteiger partial charge in [0.25, 0.3) is 0 Å². The minimum absolute atomic E-state index is 0.981. The van der Waals surface area contributed by atoms with Gasteiger partial charge in [-0.15, -0.1) is 0 Å². The molecule has 14 heavy (non-hydrogen) atoms. The molecule has 3 nitrogen and oxygen atoms in total. The molecule has 0 aromatic carbocycles. The Bertz CT molecular complexity index is 235. The summed E-state index contributed by atoms with van der Waals surface area (Å²) in [5, 5.41) is 0. The summed E-state index contributed by atoms with van der Waals surface area (Å²) in [6.45, 7) is 8.24. The fraction of sp³-hybridized carbons (Fsp3) is 0.636. The molecule has 0 aliphatic carbocycles. The van der Waals surface area contributed by atoms with Crippen LogP contribution in [-0.2, 0) is 0 Å². The third-order valence-corrected chi connectivity index (χ3v) is 2.09. The van der Waals surface area contributed by atoms with Crippen LogP contribution in [0.15, 0.2) is 23.8 Å². The van der Waals surface area contributed by atoms with Crippen molar-refractivity contribution in [3.63, 3.8) is 0 Å². The van der Waals surface area contributed by atoms with E-state index >= 15 is 0 Å². The lowest BCUT2D eigenvalue weighted by atomic mass is 10.3. The SMILES string of the molecule is C=C(N(C)C)N(C)C(=C(C)C)N(C)C. The van der Waals surface area contributed by atoms with E-state index in [4.69, 9.17) is 0 Å². The molecule has 0 N–H and O–H groups in total. The maximum atomic E-state index is 4.03. The highest BCUT2D eigenvalue weighted by Gasteiger charge is 2.12. The van der Waals surface area contributed by atoms with Crippen LogP contribution in [0.1, 0.15) is 13.8 Å². The number of hydrogen-bond acceptors (Lipinski definition) is 3. The average molecular weight is 197 g/mol. The lowest BCUT2D eigenvalue weighted by Gasteiger charge is -2.33. The van der Waals surface area contributed by atoms with E-state index in [1.54, 1.807) is 0 Å². The molecule has 0 heterocycles. The van der Waals surface area contributed by atoms with Crippen LogP contribution < -0.4 is 0 Å². The summed E-state index contributed by atoms with van der Waals surface area (Å²) in [4.78, 5) is 6.20. The van der Waals surface area contributed by atoms with Gasteiger partial charge in [-0.3, -0.25) is 0 Å². The van der Waals surface area contributed by atoms with E-state index in [2.05, 4.69) is 30.2 Å². The second-order valence-electron chi connectivity index (χ2n) is 4.09. The molecule has 0 amide bonds. The molecular formula is C11H23N3. The molecular weight excluding hydrogens is 174 g/mol. The lowest BCUT2D eigenvalue weighted by molar-refractivity contribution is 0.278. The molecule has 0 saturated heterocycles. The molecule has 0 fully saturated rings. The lowest BCUT2D eigenvalue weighted by Crippen LogP contribution is -2.33. The third kappa shape index (κ3) is 2.98. The number of hydrogen-bond donors (Lipinski definition) is 0. The van der Waals surface area contributed by atoms with E-state index in [9.17, 15) is 0 Å². The van der Waals surface area contributed by atoms with Crippen molar-refractivity contribution in [3.8, 4) is 0 Å². The first kappa shape index (κ1) is 12.9. The molecule has 0 bridgehead atoms. The minimum atomic E-state index is 0.981. The molecule has 0 unspecified atom stereocenters. The van der Waals surface area contributed by atoms with Gasteiger partial charge in [0.15, 0.2) is 0 Å². The van der Waals surface area contributed by atoms with Crippen LogP contribution in [-0.4, -0.2) is 49.9 Å². The van der Waals surface area contributed by atoms with E-state index in [1.165, 1.54) is 11.4 Å². The monoisotopic (exact) mass is 197 g/mol. The maximum Gasteiger partial charge on any atom is 0.107 e. The van der Waals surface area contributed by atoms with Gasteiger partial charge in [-0.05, 0) is 19.4 Å². The van der Waals surface area contributed by atoms with Crippen molar-refractivity contribution in [3.05, 3.63) is 23.8 Å². The van der Waals surface area contributed by atoms with Crippen LogP contribution in [0.2, 0.25) is 0 Å². The summed E-state index contributed by atoms with van der Waals surface area (Å²) < 4.78 is 0. The van der Waals surface area contributed by atoms with Crippen LogP contribution in [0.5, 0.6) is 0 Å². The highest BCUT2D eigenvalue weighted by Crippen LogP contribution is 2.15. The first-order valence-electron chi connectivity index (χ1n) is 4.73. The van der Waals surface area contributed by atoms with E-state index < -0.39 is 0 Å². The Balaban J connectivity index is 4.90. The molecule has 0 aliphatic rings. The highest BCUT2D eigenvalue weighted by atomic mass is 15.4. The Morgan fingerprint density at radius 2 is 1.29 bits per heavy atom. The van der Waals surface area contributed by atoms with Gasteiger partial charge in [0.05, 0.1) is 0 Å². The van der Waals surface area contributed by atoms with E-state index in [0.717, 1.165) is 5.82 Å². The van der Waals surface area contributed by atoms with Gasteiger partial charge in [-0.25, -0.2) is 0 Å².